The number of carbonyl (C=O) groups excluding carboxylic acids is 1. The van der Waals surface area contributed by atoms with E-state index in [1.807, 2.05) is 29.6 Å². The quantitative estimate of drug-likeness (QED) is 0.772. The molecule has 128 valence electrons. The van der Waals surface area contributed by atoms with Gasteiger partial charge < -0.3 is 10.6 Å². The highest BCUT2D eigenvalue weighted by Crippen LogP contribution is 2.16. The van der Waals surface area contributed by atoms with Gasteiger partial charge in [0.05, 0.1) is 17.1 Å². The van der Waals surface area contributed by atoms with E-state index in [2.05, 4.69) is 29.5 Å². The maximum Gasteiger partial charge on any atom is 0.230 e. The second-order valence-electron chi connectivity index (χ2n) is 4.75. The maximum atomic E-state index is 12.1. The zero-order valence-electron chi connectivity index (χ0n) is 13.3. The fourth-order valence-corrected chi connectivity index (χ4v) is 2.75. The lowest BCUT2D eigenvalue weighted by Crippen LogP contribution is -2.18. The highest BCUT2D eigenvalue weighted by molar-refractivity contribution is 7.09. The number of aryl methyl sites for hydroxylation is 1. The average Bonchev–Trinajstić information content (AvgIpc) is 2.94. The van der Waals surface area contributed by atoms with Gasteiger partial charge in [-0.3, -0.25) is 4.79 Å². The number of aromatic nitrogens is 1. The molecule has 0 aliphatic carbocycles. The molecule has 0 saturated carbocycles. The van der Waals surface area contributed by atoms with E-state index in [4.69, 9.17) is 0 Å². The molecule has 23 heavy (non-hydrogen) atoms. The van der Waals surface area contributed by atoms with E-state index in [0.29, 0.717) is 6.42 Å². The summed E-state index contributed by atoms with van der Waals surface area (Å²) in [5, 5.41) is 9.29. The van der Waals surface area contributed by atoms with Crippen molar-refractivity contribution in [3.05, 3.63) is 45.9 Å². The molecular weight excluding hydrogens is 353 g/mol. The summed E-state index contributed by atoms with van der Waals surface area (Å²) < 4.78 is 0. The lowest BCUT2D eigenvalue weighted by molar-refractivity contribution is -0.115. The number of para-hydroxylation sites is 1. The molecule has 2 aromatic rings. The summed E-state index contributed by atoms with van der Waals surface area (Å²) in [5.74, 6) is -0.0214. The minimum absolute atomic E-state index is 0. The molecule has 0 fully saturated rings. The summed E-state index contributed by atoms with van der Waals surface area (Å²) in [4.78, 5) is 16.6. The van der Waals surface area contributed by atoms with Crippen LogP contribution in [0.4, 0.5) is 5.69 Å². The summed E-state index contributed by atoms with van der Waals surface area (Å²) in [6, 6.07) is 7.87. The molecule has 7 heteroatoms. The molecule has 1 aromatic carbocycles. The Bertz CT molecular complexity index is 605. The molecule has 0 bridgehead atoms. The SMILES string of the molecule is CCNCc1ccccc1NC(=O)Cc1csc(CC)n1.Cl.Cl. The van der Waals surface area contributed by atoms with E-state index in [0.717, 1.165) is 41.5 Å². The second kappa shape index (κ2) is 11.4. The number of benzene rings is 1. The van der Waals surface area contributed by atoms with Crippen molar-refractivity contribution in [1.82, 2.24) is 10.3 Å². The Morgan fingerprint density at radius 3 is 2.61 bits per heavy atom. The lowest BCUT2D eigenvalue weighted by Gasteiger charge is -2.11. The van der Waals surface area contributed by atoms with E-state index in [9.17, 15) is 4.79 Å². The first-order chi connectivity index (χ1) is 10.2. The third kappa shape index (κ3) is 6.87. The van der Waals surface area contributed by atoms with Gasteiger partial charge in [-0.25, -0.2) is 4.98 Å². The zero-order chi connectivity index (χ0) is 15.1. The van der Waals surface area contributed by atoms with Gasteiger partial charge in [-0.1, -0.05) is 32.0 Å². The topological polar surface area (TPSA) is 54.0 Å². The van der Waals surface area contributed by atoms with Crippen LogP contribution >= 0.6 is 36.2 Å². The molecule has 0 aliphatic heterocycles. The van der Waals surface area contributed by atoms with Crippen LogP contribution < -0.4 is 10.6 Å². The van der Waals surface area contributed by atoms with Gasteiger partial charge in [0, 0.05) is 17.6 Å². The van der Waals surface area contributed by atoms with Gasteiger partial charge in [0.15, 0.2) is 0 Å². The number of hydrogen-bond acceptors (Lipinski definition) is 4. The fourth-order valence-electron chi connectivity index (χ4n) is 2.01. The van der Waals surface area contributed by atoms with Crippen LogP contribution in [0, 0.1) is 0 Å². The van der Waals surface area contributed by atoms with Crippen molar-refractivity contribution < 1.29 is 4.79 Å². The zero-order valence-corrected chi connectivity index (χ0v) is 15.7. The number of hydrogen-bond donors (Lipinski definition) is 2. The average molecular weight is 376 g/mol. The lowest BCUT2D eigenvalue weighted by atomic mass is 10.1. The Kier molecular flexibility index (Phi) is 10.8. The van der Waals surface area contributed by atoms with E-state index < -0.39 is 0 Å². The number of thiazole rings is 1. The van der Waals surface area contributed by atoms with Gasteiger partial charge in [0.1, 0.15) is 0 Å². The van der Waals surface area contributed by atoms with Crippen LogP contribution in [0.5, 0.6) is 0 Å². The van der Waals surface area contributed by atoms with E-state index >= 15 is 0 Å². The standard InChI is InChI=1S/C16H21N3OS.2ClH/c1-3-16-18-13(11-21-16)9-15(20)19-14-8-6-5-7-12(14)10-17-4-2;;/h5-8,11,17H,3-4,9-10H2,1-2H3,(H,19,20);2*1H. The van der Waals surface area contributed by atoms with Gasteiger partial charge in [-0.2, -0.15) is 0 Å². The first kappa shape index (κ1) is 21.9. The largest absolute Gasteiger partial charge is 0.325 e. The van der Waals surface area contributed by atoms with Crippen molar-refractivity contribution >= 4 is 47.7 Å². The number of nitrogens with zero attached hydrogens (tertiary/aromatic N) is 1. The minimum Gasteiger partial charge on any atom is -0.325 e. The third-order valence-electron chi connectivity index (χ3n) is 3.10. The Morgan fingerprint density at radius 1 is 1.22 bits per heavy atom. The molecule has 0 spiro atoms. The molecule has 2 N–H and O–H groups in total. The van der Waals surface area contributed by atoms with Crippen molar-refractivity contribution in [1.29, 1.82) is 0 Å². The summed E-state index contributed by atoms with van der Waals surface area (Å²) >= 11 is 1.61. The highest BCUT2D eigenvalue weighted by Gasteiger charge is 2.09. The summed E-state index contributed by atoms with van der Waals surface area (Å²) in [6.07, 6.45) is 1.24. The Morgan fingerprint density at radius 2 is 1.96 bits per heavy atom. The molecule has 0 unspecified atom stereocenters. The van der Waals surface area contributed by atoms with Gasteiger partial charge >= 0.3 is 0 Å². The second-order valence-corrected chi connectivity index (χ2v) is 5.69. The van der Waals surface area contributed by atoms with Gasteiger partial charge in [-0.05, 0) is 24.6 Å². The first-order valence-corrected chi connectivity index (χ1v) is 8.12. The van der Waals surface area contributed by atoms with Crippen LogP contribution in [0.3, 0.4) is 0 Å². The molecule has 0 radical (unpaired) electrons. The van der Waals surface area contributed by atoms with Gasteiger partial charge in [0.2, 0.25) is 5.91 Å². The molecule has 0 saturated heterocycles. The number of amides is 1. The predicted octanol–water partition coefficient (Wildman–Crippen LogP) is 3.84. The summed E-state index contributed by atoms with van der Waals surface area (Å²) in [7, 11) is 0. The molecule has 2 rings (SSSR count). The van der Waals surface area contributed by atoms with E-state index in [1.165, 1.54) is 0 Å². The van der Waals surface area contributed by atoms with Crippen LogP contribution in [0.15, 0.2) is 29.6 Å². The smallest absolute Gasteiger partial charge is 0.230 e. The van der Waals surface area contributed by atoms with Crippen molar-refractivity contribution in [3.63, 3.8) is 0 Å². The summed E-state index contributed by atoms with van der Waals surface area (Å²) in [5.41, 5.74) is 2.81. The Balaban J connectivity index is 0.00000242. The number of nitrogens with one attached hydrogen (secondary N) is 2. The fraction of sp³-hybridized carbons (Fsp3) is 0.375. The van der Waals surface area contributed by atoms with E-state index in [-0.39, 0.29) is 30.7 Å². The Hall–Kier alpha value is -1.14. The molecular formula is C16H23Cl2N3OS. The maximum absolute atomic E-state index is 12.1. The van der Waals surface area contributed by atoms with Crippen molar-refractivity contribution in [2.24, 2.45) is 0 Å². The van der Waals surface area contributed by atoms with Crippen molar-refractivity contribution in [3.8, 4) is 0 Å². The van der Waals surface area contributed by atoms with Crippen LogP contribution in [-0.4, -0.2) is 17.4 Å². The van der Waals surface area contributed by atoms with Crippen LogP contribution in [0.25, 0.3) is 0 Å². The minimum atomic E-state index is -0.0214. The Labute approximate surface area is 153 Å². The molecule has 0 atom stereocenters. The van der Waals surface area contributed by atoms with Crippen LogP contribution in [0.1, 0.15) is 30.1 Å². The number of rotatable bonds is 7. The predicted molar refractivity (Wildman–Crippen MR) is 102 cm³/mol. The molecule has 1 heterocycles. The van der Waals surface area contributed by atoms with Gasteiger partial charge in [-0.15, -0.1) is 36.2 Å². The van der Waals surface area contributed by atoms with E-state index in [1.54, 1.807) is 11.3 Å². The molecule has 1 amide bonds. The molecule has 1 aromatic heterocycles. The first-order valence-electron chi connectivity index (χ1n) is 7.24. The number of halogens is 2. The number of carbonyl (C=O) groups is 1. The van der Waals surface area contributed by atoms with Crippen LogP contribution in [-0.2, 0) is 24.2 Å². The molecule has 4 nitrogen and oxygen atoms in total. The van der Waals surface area contributed by atoms with Gasteiger partial charge in [0.25, 0.3) is 0 Å². The van der Waals surface area contributed by atoms with Crippen molar-refractivity contribution in [2.75, 3.05) is 11.9 Å². The van der Waals surface area contributed by atoms with Crippen molar-refractivity contribution in [2.45, 2.75) is 33.2 Å². The normalized spacial score (nSPS) is 9.65. The third-order valence-corrected chi connectivity index (χ3v) is 4.14. The molecule has 0 aliphatic rings. The summed E-state index contributed by atoms with van der Waals surface area (Å²) in [6.45, 7) is 5.79. The van der Waals surface area contributed by atoms with Crippen LogP contribution in [0.2, 0.25) is 0 Å². The number of anilines is 1. The highest BCUT2D eigenvalue weighted by atomic mass is 35.5. The monoisotopic (exact) mass is 375 g/mol.